The molecule has 1 aliphatic heterocycles. The second kappa shape index (κ2) is 6.78. The molecular formula is C20H22N4O2S. The van der Waals surface area contributed by atoms with Crippen LogP contribution in [-0.4, -0.2) is 38.8 Å². The maximum absolute atomic E-state index is 12.6. The molecule has 0 bridgehead atoms. The predicted molar refractivity (Wildman–Crippen MR) is 103 cm³/mol. The summed E-state index contributed by atoms with van der Waals surface area (Å²) in [5.41, 5.74) is 1.56. The Balaban J connectivity index is 1.25. The van der Waals surface area contributed by atoms with E-state index in [4.69, 9.17) is 0 Å². The van der Waals surface area contributed by atoms with Crippen LogP contribution in [0, 0.1) is 0 Å². The summed E-state index contributed by atoms with van der Waals surface area (Å²) in [4.78, 5) is 26.2. The average Bonchev–Trinajstić information content (AvgIpc) is 3.62. The molecule has 0 unspecified atom stereocenters. The van der Waals surface area contributed by atoms with Crippen molar-refractivity contribution in [1.82, 2.24) is 14.8 Å². The molecule has 0 atom stereocenters. The van der Waals surface area contributed by atoms with E-state index in [2.05, 4.69) is 14.8 Å². The van der Waals surface area contributed by atoms with Crippen LogP contribution in [0.2, 0.25) is 0 Å². The summed E-state index contributed by atoms with van der Waals surface area (Å²) in [5, 5.41) is 9.64. The summed E-state index contributed by atoms with van der Waals surface area (Å²) < 4.78 is 2.28. The fourth-order valence-corrected chi connectivity index (χ4v) is 4.55. The largest absolute Gasteiger partial charge is 0.312 e. The van der Waals surface area contributed by atoms with Crippen LogP contribution in [0.1, 0.15) is 66.7 Å². The highest BCUT2D eigenvalue weighted by molar-refractivity contribution is 7.99. The SMILES string of the molecule is O=C(CSc1nnc(C2CC2)n1C1CC1)c1ccc(N2CCCC2=O)cc1. The number of nitrogens with zero attached hydrogens (tertiary/aromatic N) is 4. The van der Waals surface area contributed by atoms with Gasteiger partial charge in [0.2, 0.25) is 5.91 Å². The molecule has 2 aliphatic carbocycles. The number of aromatic nitrogens is 3. The zero-order chi connectivity index (χ0) is 18.4. The number of hydrogen-bond donors (Lipinski definition) is 0. The minimum Gasteiger partial charge on any atom is -0.312 e. The van der Waals surface area contributed by atoms with Crippen molar-refractivity contribution in [3.8, 4) is 0 Å². The van der Waals surface area contributed by atoms with Crippen LogP contribution in [0.3, 0.4) is 0 Å². The first-order valence-corrected chi connectivity index (χ1v) is 10.7. The number of Topliss-reactive ketones (excluding diaryl/α,β-unsaturated/α-hetero) is 1. The summed E-state index contributed by atoms with van der Waals surface area (Å²) in [7, 11) is 0. The standard InChI is InChI=1S/C20H22N4O2S/c25-17(13-5-7-15(8-6-13)23-11-1-2-18(23)26)12-27-20-22-21-19(14-3-4-14)24(20)16-9-10-16/h5-8,14,16H,1-4,9-12H2. The molecule has 1 saturated heterocycles. The van der Waals surface area contributed by atoms with E-state index in [1.54, 1.807) is 4.90 Å². The molecule has 140 valence electrons. The maximum atomic E-state index is 12.6. The van der Waals surface area contributed by atoms with Gasteiger partial charge < -0.3 is 9.47 Å². The van der Waals surface area contributed by atoms with E-state index in [-0.39, 0.29) is 11.7 Å². The van der Waals surface area contributed by atoms with Crippen LogP contribution in [0.25, 0.3) is 0 Å². The molecule has 1 amide bonds. The molecule has 1 aromatic heterocycles. The van der Waals surface area contributed by atoms with E-state index in [1.165, 1.54) is 37.4 Å². The third kappa shape index (κ3) is 3.40. The maximum Gasteiger partial charge on any atom is 0.227 e. The first-order chi connectivity index (χ1) is 13.2. The Labute approximate surface area is 162 Å². The van der Waals surface area contributed by atoms with E-state index in [9.17, 15) is 9.59 Å². The van der Waals surface area contributed by atoms with Crippen molar-refractivity contribution in [1.29, 1.82) is 0 Å². The molecule has 2 saturated carbocycles. The Bertz CT molecular complexity index is 884. The fraction of sp³-hybridized carbons (Fsp3) is 0.500. The molecule has 0 radical (unpaired) electrons. The zero-order valence-corrected chi connectivity index (χ0v) is 16.0. The van der Waals surface area contributed by atoms with Gasteiger partial charge in [-0.15, -0.1) is 10.2 Å². The molecule has 6 nitrogen and oxygen atoms in total. The van der Waals surface area contributed by atoms with Crippen molar-refractivity contribution in [2.24, 2.45) is 0 Å². The van der Waals surface area contributed by atoms with Crippen molar-refractivity contribution in [3.63, 3.8) is 0 Å². The molecule has 1 aromatic carbocycles. The molecule has 3 fully saturated rings. The number of anilines is 1. The molecule has 2 heterocycles. The van der Waals surface area contributed by atoms with Gasteiger partial charge in [-0.3, -0.25) is 9.59 Å². The zero-order valence-electron chi connectivity index (χ0n) is 15.1. The van der Waals surface area contributed by atoms with E-state index in [1.807, 2.05) is 24.3 Å². The molecule has 27 heavy (non-hydrogen) atoms. The summed E-state index contributed by atoms with van der Waals surface area (Å²) in [5.74, 6) is 2.29. The monoisotopic (exact) mass is 382 g/mol. The number of carbonyl (C=O) groups excluding carboxylic acids is 2. The van der Waals surface area contributed by atoms with Gasteiger partial charge in [0.05, 0.1) is 5.75 Å². The van der Waals surface area contributed by atoms with Gasteiger partial charge in [-0.1, -0.05) is 11.8 Å². The summed E-state index contributed by atoms with van der Waals surface area (Å²) in [6, 6.07) is 7.93. The third-order valence-electron chi connectivity index (χ3n) is 5.45. The summed E-state index contributed by atoms with van der Waals surface area (Å²) in [6.45, 7) is 0.766. The summed E-state index contributed by atoms with van der Waals surface area (Å²) in [6.07, 6.45) is 6.31. The van der Waals surface area contributed by atoms with Crippen molar-refractivity contribution in [2.75, 3.05) is 17.2 Å². The van der Waals surface area contributed by atoms with Crippen LogP contribution >= 0.6 is 11.8 Å². The molecular weight excluding hydrogens is 360 g/mol. The van der Waals surface area contributed by atoms with Gasteiger partial charge >= 0.3 is 0 Å². The third-order valence-corrected chi connectivity index (χ3v) is 6.40. The van der Waals surface area contributed by atoms with Crippen LogP contribution in [0.5, 0.6) is 0 Å². The lowest BCUT2D eigenvalue weighted by Gasteiger charge is -2.15. The predicted octanol–water partition coefficient (Wildman–Crippen LogP) is 3.59. The second-order valence-corrected chi connectivity index (χ2v) is 8.57. The topological polar surface area (TPSA) is 68.1 Å². The van der Waals surface area contributed by atoms with Crippen LogP contribution < -0.4 is 4.90 Å². The average molecular weight is 382 g/mol. The molecule has 0 N–H and O–H groups in total. The quantitative estimate of drug-likeness (QED) is 0.541. The number of amides is 1. The van der Waals surface area contributed by atoms with Gasteiger partial charge in [0.1, 0.15) is 5.82 Å². The van der Waals surface area contributed by atoms with Crippen LogP contribution in [0.15, 0.2) is 29.4 Å². The van der Waals surface area contributed by atoms with Crippen molar-refractivity contribution < 1.29 is 9.59 Å². The van der Waals surface area contributed by atoms with Crippen molar-refractivity contribution >= 4 is 29.1 Å². The van der Waals surface area contributed by atoms with Gasteiger partial charge in [0, 0.05) is 36.2 Å². The van der Waals surface area contributed by atoms with Gasteiger partial charge in [0.25, 0.3) is 0 Å². The Morgan fingerprint density at radius 1 is 1.11 bits per heavy atom. The van der Waals surface area contributed by atoms with Crippen LogP contribution in [-0.2, 0) is 4.79 Å². The highest BCUT2D eigenvalue weighted by Crippen LogP contribution is 2.46. The smallest absolute Gasteiger partial charge is 0.227 e. The lowest BCUT2D eigenvalue weighted by atomic mass is 10.1. The minimum atomic E-state index is 0.0811. The fourth-order valence-electron chi connectivity index (χ4n) is 3.64. The normalized spacial score (nSPS) is 19.7. The van der Waals surface area contributed by atoms with E-state index < -0.39 is 0 Å². The van der Waals surface area contributed by atoms with Crippen LogP contribution in [0.4, 0.5) is 5.69 Å². The number of rotatable bonds is 7. The molecule has 0 spiro atoms. The number of ketones is 1. The van der Waals surface area contributed by atoms with Crippen molar-refractivity contribution in [2.45, 2.75) is 55.6 Å². The highest BCUT2D eigenvalue weighted by Gasteiger charge is 2.36. The van der Waals surface area contributed by atoms with Gasteiger partial charge in [-0.25, -0.2) is 0 Å². The first kappa shape index (κ1) is 17.0. The van der Waals surface area contributed by atoms with E-state index in [0.29, 0.717) is 29.7 Å². The first-order valence-electron chi connectivity index (χ1n) is 9.72. The Kier molecular flexibility index (Phi) is 4.27. The van der Waals surface area contributed by atoms with Gasteiger partial charge in [-0.2, -0.15) is 0 Å². The number of carbonyl (C=O) groups is 2. The molecule has 2 aromatic rings. The second-order valence-electron chi connectivity index (χ2n) is 7.62. The lowest BCUT2D eigenvalue weighted by molar-refractivity contribution is -0.117. The Morgan fingerprint density at radius 2 is 1.89 bits per heavy atom. The van der Waals surface area contributed by atoms with Crippen molar-refractivity contribution in [3.05, 3.63) is 35.7 Å². The molecule has 5 rings (SSSR count). The van der Waals surface area contributed by atoms with Gasteiger partial charge in [-0.05, 0) is 56.4 Å². The number of thioether (sulfide) groups is 1. The summed E-state index contributed by atoms with van der Waals surface area (Å²) >= 11 is 1.49. The van der Waals surface area contributed by atoms with E-state index >= 15 is 0 Å². The Morgan fingerprint density at radius 3 is 2.52 bits per heavy atom. The highest BCUT2D eigenvalue weighted by atomic mass is 32.2. The lowest BCUT2D eigenvalue weighted by Crippen LogP contribution is -2.23. The van der Waals surface area contributed by atoms with E-state index in [0.717, 1.165) is 29.6 Å². The minimum absolute atomic E-state index is 0.0811. The molecule has 7 heteroatoms. The van der Waals surface area contributed by atoms with Gasteiger partial charge in [0.15, 0.2) is 10.9 Å². The number of benzene rings is 1. The molecule has 3 aliphatic rings. The number of hydrogen-bond acceptors (Lipinski definition) is 5. The Hall–Kier alpha value is -2.15.